The van der Waals surface area contributed by atoms with E-state index in [2.05, 4.69) is 33.4 Å². The van der Waals surface area contributed by atoms with E-state index in [0.717, 1.165) is 58.8 Å². The van der Waals surface area contributed by atoms with E-state index in [-0.39, 0.29) is 18.1 Å². The van der Waals surface area contributed by atoms with Crippen LogP contribution in [-0.2, 0) is 11.2 Å². The van der Waals surface area contributed by atoms with Crippen LogP contribution >= 0.6 is 11.3 Å². The van der Waals surface area contributed by atoms with Crippen LogP contribution in [0.1, 0.15) is 27.3 Å². The van der Waals surface area contributed by atoms with Gasteiger partial charge in [-0.2, -0.15) is 0 Å². The average molecular weight is 439 g/mol. The van der Waals surface area contributed by atoms with Crippen LogP contribution in [0.4, 0.5) is 11.4 Å². The zero-order chi connectivity index (χ0) is 21.5. The molecule has 0 saturated carbocycles. The smallest absolute Gasteiger partial charge is 0.263 e. The van der Waals surface area contributed by atoms with Crippen molar-refractivity contribution in [1.82, 2.24) is 10.3 Å². The second-order valence-electron chi connectivity index (χ2n) is 8.22. The number of aryl methyl sites for hydroxylation is 1. The van der Waals surface area contributed by atoms with E-state index in [0.29, 0.717) is 17.2 Å². The summed E-state index contributed by atoms with van der Waals surface area (Å²) >= 11 is 1.33. The Morgan fingerprint density at radius 1 is 1.35 bits per heavy atom. The second-order valence-corrected chi connectivity index (χ2v) is 9.22. The number of methoxy groups -OCH3 is 1. The maximum absolute atomic E-state index is 12.9. The molecule has 8 heteroatoms. The Morgan fingerprint density at radius 2 is 2.23 bits per heavy atom. The van der Waals surface area contributed by atoms with Crippen LogP contribution in [0.25, 0.3) is 10.2 Å². The van der Waals surface area contributed by atoms with E-state index in [1.807, 2.05) is 19.1 Å². The van der Waals surface area contributed by atoms with E-state index in [4.69, 9.17) is 15.2 Å². The van der Waals surface area contributed by atoms with Gasteiger partial charge in [-0.15, -0.1) is 11.3 Å². The van der Waals surface area contributed by atoms with Gasteiger partial charge in [0.25, 0.3) is 5.91 Å². The summed E-state index contributed by atoms with van der Waals surface area (Å²) in [6, 6.07) is 10.1. The number of nitrogens with zero attached hydrogens (tertiary/aromatic N) is 2. The van der Waals surface area contributed by atoms with Gasteiger partial charge < -0.3 is 25.4 Å². The molecule has 7 nitrogen and oxygen atoms in total. The Labute approximate surface area is 185 Å². The molecule has 5 rings (SSSR count). The number of ether oxygens (including phenoxy) is 2. The van der Waals surface area contributed by atoms with Crippen molar-refractivity contribution in [1.29, 1.82) is 0 Å². The zero-order valence-corrected chi connectivity index (χ0v) is 18.5. The number of carbonyl (C=O) groups excluding carboxylic acids is 1. The molecule has 2 aliphatic rings. The maximum atomic E-state index is 12.9. The van der Waals surface area contributed by atoms with Crippen molar-refractivity contribution < 1.29 is 14.3 Å². The quantitative estimate of drug-likeness (QED) is 0.651. The number of anilines is 2. The second kappa shape index (κ2) is 8.01. The Balaban J connectivity index is 1.28. The van der Waals surface area contributed by atoms with Crippen molar-refractivity contribution in [3.05, 3.63) is 46.5 Å². The molecule has 1 saturated heterocycles. The molecular weight excluding hydrogens is 412 g/mol. The normalized spacial score (nSPS) is 20.5. The van der Waals surface area contributed by atoms with Crippen molar-refractivity contribution in [2.24, 2.45) is 0 Å². The molecule has 4 heterocycles. The van der Waals surface area contributed by atoms with Gasteiger partial charge in [0.05, 0.1) is 17.8 Å². The summed E-state index contributed by atoms with van der Waals surface area (Å²) in [7, 11) is 1.77. The van der Waals surface area contributed by atoms with Gasteiger partial charge in [0.1, 0.15) is 22.1 Å². The van der Waals surface area contributed by atoms with Crippen LogP contribution in [0.5, 0.6) is 5.75 Å². The van der Waals surface area contributed by atoms with E-state index < -0.39 is 0 Å². The minimum atomic E-state index is -0.172. The number of carbonyl (C=O) groups is 1. The van der Waals surface area contributed by atoms with Crippen molar-refractivity contribution in [2.75, 3.05) is 37.4 Å². The molecule has 3 N–H and O–H groups in total. The number of rotatable bonds is 4. The molecule has 0 aliphatic carbocycles. The third-order valence-corrected chi connectivity index (χ3v) is 7.19. The van der Waals surface area contributed by atoms with Crippen molar-refractivity contribution in [3.63, 3.8) is 0 Å². The molecule has 31 heavy (non-hydrogen) atoms. The van der Waals surface area contributed by atoms with E-state index in [1.165, 1.54) is 11.3 Å². The molecule has 1 fully saturated rings. The first-order valence-corrected chi connectivity index (χ1v) is 11.3. The summed E-state index contributed by atoms with van der Waals surface area (Å²) in [6.45, 7) is 4.25. The maximum Gasteiger partial charge on any atom is 0.263 e. The standard InChI is InChI=1S/C23H26N4O3S/c1-13-3-6-18-20(24)21(31-23(18)25-13)22(28)26-15-9-14-4-5-16(10-19(14)30-12-15)27-8-7-17(11-27)29-2/h3-6,10,15,17H,7-9,11-12,24H2,1-2H3,(H,26,28)/t15-,17-/m1/s1. The number of nitrogen functional groups attached to an aromatic ring is 1. The number of hydrogen-bond acceptors (Lipinski definition) is 7. The van der Waals surface area contributed by atoms with Gasteiger partial charge in [0.2, 0.25) is 0 Å². The molecule has 0 unspecified atom stereocenters. The molecule has 1 amide bonds. The number of benzene rings is 1. The highest BCUT2D eigenvalue weighted by Gasteiger charge is 2.27. The first-order chi connectivity index (χ1) is 15.0. The van der Waals surface area contributed by atoms with E-state index in [9.17, 15) is 4.79 Å². The molecular formula is C23H26N4O3S. The number of hydrogen-bond donors (Lipinski definition) is 2. The van der Waals surface area contributed by atoms with Crippen molar-refractivity contribution >= 4 is 38.8 Å². The van der Waals surface area contributed by atoms with Crippen molar-refractivity contribution in [2.45, 2.75) is 31.9 Å². The van der Waals surface area contributed by atoms with Gasteiger partial charge in [-0.05, 0) is 43.5 Å². The predicted octanol–water partition coefficient (Wildman–Crippen LogP) is 3.15. The molecule has 0 bridgehead atoms. The first-order valence-electron chi connectivity index (χ1n) is 10.5. The predicted molar refractivity (Wildman–Crippen MR) is 123 cm³/mol. The van der Waals surface area contributed by atoms with Gasteiger partial charge in [-0.1, -0.05) is 6.07 Å². The molecule has 2 aromatic heterocycles. The fourth-order valence-corrected chi connectivity index (χ4v) is 5.36. The van der Waals surface area contributed by atoms with Gasteiger partial charge in [-0.25, -0.2) is 4.98 Å². The number of thiophene rings is 1. The van der Waals surface area contributed by atoms with Gasteiger partial charge in [-0.3, -0.25) is 4.79 Å². The first kappa shape index (κ1) is 20.1. The molecule has 3 aromatic rings. The van der Waals surface area contributed by atoms with Crippen molar-refractivity contribution in [3.8, 4) is 5.75 Å². The molecule has 2 aliphatic heterocycles. The lowest BCUT2D eigenvalue weighted by Crippen LogP contribution is -2.42. The molecule has 2 atom stereocenters. The van der Waals surface area contributed by atoms with Gasteiger partial charge in [0, 0.05) is 43.0 Å². The summed E-state index contributed by atoms with van der Waals surface area (Å²) in [4.78, 5) is 21.0. The minimum Gasteiger partial charge on any atom is -0.491 e. The summed E-state index contributed by atoms with van der Waals surface area (Å²) in [5, 5.41) is 3.92. The highest BCUT2D eigenvalue weighted by atomic mass is 32.1. The fraction of sp³-hybridized carbons (Fsp3) is 0.391. The molecule has 1 aromatic carbocycles. The minimum absolute atomic E-state index is 0.102. The largest absolute Gasteiger partial charge is 0.491 e. The molecule has 0 spiro atoms. The monoisotopic (exact) mass is 438 g/mol. The van der Waals surface area contributed by atoms with E-state index >= 15 is 0 Å². The van der Waals surface area contributed by atoms with Crippen LogP contribution in [0.2, 0.25) is 0 Å². The van der Waals surface area contributed by atoms with Crippen LogP contribution in [0.15, 0.2) is 30.3 Å². The Kier molecular flexibility index (Phi) is 5.19. The van der Waals surface area contributed by atoms with Crippen LogP contribution in [-0.4, -0.2) is 49.8 Å². The van der Waals surface area contributed by atoms with Crippen LogP contribution in [0.3, 0.4) is 0 Å². The zero-order valence-electron chi connectivity index (χ0n) is 17.7. The van der Waals surface area contributed by atoms with Crippen LogP contribution < -0.4 is 20.7 Å². The number of aromatic nitrogens is 1. The molecule has 0 radical (unpaired) electrons. The topological polar surface area (TPSA) is 89.7 Å². The lowest BCUT2D eigenvalue weighted by atomic mass is 10.0. The van der Waals surface area contributed by atoms with Gasteiger partial charge in [0.15, 0.2) is 0 Å². The van der Waals surface area contributed by atoms with Gasteiger partial charge >= 0.3 is 0 Å². The number of nitrogens with one attached hydrogen (secondary N) is 1. The summed E-state index contributed by atoms with van der Waals surface area (Å²) in [5.41, 5.74) is 9.89. The number of pyridine rings is 1. The number of fused-ring (bicyclic) bond motifs is 2. The third kappa shape index (κ3) is 3.81. The summed E-state index contributed by atoms with van der Waals surface area (Å²) in [6.07, 6.45) is 2.06. The Bertz CT molecular complexity index is 1150. The highest BCUT2D eigenvalue weighted by molar-refractivity contribution is 7.21. The summed E-state index contributed by atoms with van der Waals surface area (Å²) < 4.78 is 11.5. The lowest BCUT2D eigenvalue weighted by Gasteiger charge is -2.28. The Hall–Kier alpha value is -2.84. The number of amides is 1. The summed E-state index contributed by atoms with van der Waals surface area (Å²) in [5.74, 6) is 0.722. The van der Waals surface area contributed by atoms with Crippen LogP contribution in [0, 0.1) is 6.92 Å². The lowest BCUT2D eigenvalue weighted by molar-refractivity contribution is 0.0920. The number of nitrogens with two attached hydrogens (primary N) is 1. The Morgan fingerprint density at radius 3 is 3.03 bits per heavy atom. The average Bonchev–Trinajstić information content (AvgIpc) is 3.38. The molecule has 162 valence electrons. The van der Waals surface area contributed by atoms with E-state index in [1.54, 1.807) is 7.11 Å². The SMILES string of the molecule is CO[C@@H]1CCN(c2ccc3c(c2)OC[C@H](NC(=O)c2sc4nc(C)ccc4c2N)C3)C1. The highest BCUT2D eigenvalue weighted by Crippen LogP contribution is 2.34. The fourth-order valence-electron chi connectivity index (χ4n) is 4.31. The third-order valence-electron chi connectivity index (χ3n) is 6.08.